The van der Waals surface area contributed by atoms with Crippen molar-refractivity contribution in [1.29, 1.82) is 0 Å². The Hall–Kier alpha value is -0.940. The maximum absolute atomic E-state index is 13.0. The topological polar surface area (TPSA) is 38.3 Å². The Morgan fingerprint density at radius 2 is 2.29 bits per heavy atom. The van der Waals surface area contributed by atoms with Gasteiger partial charge in [0.1, 0.15) is 5.82 Å². The third-order valence-electron chi connectivity index (χ3n) is 2.45. The summed E-state index contributed by atoms with van der Waals surface area (Å²) in [6.07, 6.45) is 0.323. The van der Waals surface area contributed by atoms with Crippen LogP contribution in [0.4, 0.5) is 4.39 Å². The summed E-state index contributed by atoms with van der Waals surface area (Å²) in [5.74, 6) is -0.527. The van der Waals surface area contributed by atoms with Crippen LogP contribution in [0, 0.1) is 5.82 Å². The van der Waals surface area contributed by atoms with Crippen molar-refractivity contribution in [3.8, 4) is 0 Å². The average Bonchev–Trinajstić information content (AvgIpc) is 2.32. The van der Waals surface area contributed by atoms with Gasteiger partial charge in [-0.3, -0.25) is 4.79 Å². The predicted molar refractivity (Wildman–Crippen MR) is 67.2 cm³/mol. The Labute approximate surface area is 108 Å². The lowest BCUT2D eigenvalue weighted by Crippen LogP contribution is -2.22. The van der Waals surface area contributed by atoms with E-state index < -0.39 is 0 Å². The summed E-state index contributed by atoms with van der Waals surface area (Å²) in [4.78, 5) is 10.9. The van der Waals surface area contributed by atoms with Crippen molar-refractivity contribution in [3.63, 3.8) is 0 Å². The molecule has 1 N–H and O–H groups in total. The van der Waals surface area contributed by atoms with Crippen LogP contribution in [-0.2, 0) is 9.53 Å². The van der Waals surface area contributed by atoms with Gasteiger partial charge in [-0.15, -0.1) is 0 Å². The van der Waals surface area contributed by atoms with Crippen molar-refractivity contribution >= 4 is 21.9 Å². The molecule has 0 aliphatic heterocycles. The first-order chi connectivity index (χ1) is 8.04. The summed E-state index contributed by atoms with van der Waals surface area (Å²) in [5, 5.41) is 3.17. The van der Waals surface area contributed by atoms with E-state index in [0.717, 1.165) is 5.56 Å². The number of halogens is 2. The molecule has 0 bridgehead atoms. The van der Waals surface area contributed by atoms with Crippen LogP contribution in [0.1, 0.15) is 24.9 Å². The molecule has 1 rings (SSSR count). The quantitative estimate of drug-likeness (QED) is 0.850. The van der Waals surface area contributed by atoms with E-state index in [1.165, 1.54) is 13.2 Å². The molecule has 0 amide bonds. The minimum atomic E-state index is -0.282. The number of benzene rings is 1. The SMILES string of the molecule is COC(=O)CCNC(C)c1ccc(F)c(Br)c1. The highest BCUT2D eigenvalue weighted by atomic mass is 79.9. The average molecular weight is 304 g/mol. The molecule has 0 saturated heterocycles. The fraction of sp³-hybridized carbons (Fsp3) is 0.417. The Morgan fingerprint density at radius 1 is 1.59 bits per heavy atom. The van der Waals surface area contributed by atoms with E-state index in [9.17, 15) is 9.18 Å². The van der Waals surface area contributed by atoms with Crippen LogP contribution in [0.15, 0.2) is 22.7 Å². The van der Waals surface area contributed by atoms with Crippen LogP contribution in [0.5, 0.6) is 0 Å². The van der Waals surface area contributed by atoms with Gasteiger partial charge in [0.2, 0.25) is 0 Å². The third kappa shape index (κ3) is 4.44. The molecular weight excluding hydrogens is 289 g/mol. The Bertz CT molecular complexity index is 398. The molecule has 0 aliphatic rings. The van der Waals surface area contributed by atoms with Gasteiger partial charge in [-0.25, -0.2) is 4.39 Å². The van der Waals surface area contributed by atoms with Crippen molar-refractivity contribution in [1.82, 2.24) is 5.32 Å². The molecule has 0 radical (unpaired) electrons. The zero-order valence-electron chi connectivity index (χ0n) is 9.80. The fourth-order valence-corrected chi connectivity index (χ4v) is 1.79. The molecule has 3 nitrogen and oxygen atoms in total. The van der Waals surface area contributed by atoms with Crippen LogP contribution in [0.25, 0.3) is 0 Å². The molecule has 1 aromatic rings. The van der Waals surface area contributed by atoms with E-state index in [1.54, 1.807) is 12.1 Å². The van der Waals surface area contributed by atoms with Crippen LogP contribution < -0.4 is 5.32 Å². The number of hydrogen-bond acceptors (Lipinski definition) is 3. The number of carbonyl (C=O) groups is 1. The largest absolute Gasteiger partial charge is 0.469 e. The minimum Gasteiger partial charge on any atom is -0.469 e. The molecule has 0 saturated carbocycles. The van der Waals surface area contributed by atoms with Gasteiger partial charge in [-0.05, 0) is 40.5 Å². The number of rotatable bonds is 5. The van der Waals surface area contributed by atoms with Crippen LogP contribution in [0.3, 0.4) is 0 Å². The highest BCUT2D eigenvalue weighted by Crippen LogP contribution is 2.21. The lowest BCUT2D eigenvalue weighted by Gasteiger charge is -2.14. The normalized spacial score (nSPS) is 12.2. The summed E-state index contributed by atoms with van der Waals surface area (Å²) in [5.41, 5.74) is 0.961. The monoisotopic (exact) mass is 303 g/mol. The van der Waals surface area contributed by atoms with Crippen LogP contribution in [-0.4, -0.2) is 19.6 Å². The summed E-state index contributed by atoms with van der Waals surface area (Å²) in [6.45, 7) is 2.49. The van der Waals surface area contributed by atoms with Gasteiger partial charge < -0.3 is 10.1 Å². The van der Waals surface area contributed by atoms with Crippen molar-refractivity contribution < 1.29 is 13.9 Å². The Morgan fingerprint density at radius 3 is 2.88 bits per heavy atom. The van der Waals surface area contributed by atoms with E-state index in [1.807, 2.05) is 6.92 Å². The summed E-state index contributed by atoms with van der Waals surface area (Å²) in [7, 11) is 1.36. The molecule has 1 aromatic carbocycles. The van der Waals surface area contributed by atoms with Gasteiger partial charge in [0.15, 0.2) is 0 Å². The second-order valence-electron chi connectivity index (χ2n) is 3.68. The second kappa shape index (κ2) is 6.71. The maximum atomic E-state index is 13.0. The molecule has 94 valence electrons. The number of carbonyl (C=O) groups excluding carboxylic acids is 1. The molecule has 1 atom stereocenters. The fourth-order valence-electron chi connectivity index (χ4n) is 1.39. The van der Waals surface area contributed by atoms with E-state index in [4.69, 9.17) is 0 Å². The smallest absolute Gasteiger partial charge is 0.306 e. The van der Waals surface area contributed by atoms with Gasteiger partial charge in [0, 0.05) is 12.6 Å². The van der Waals surface area contributed by atoms with E-state index in [2.05, 4.69) is 26.0 Å². The highest BCUT2D eigenvalue weighted by molar-refractivity contribution is 9.10. The lowest BCUT2D eigenvalue weighted by molar-refractivity contribution is -0.140. The summed E-state index contributed by atoms with van der Waals surface area (Å²) in [6, 6.07) is 4.91. The Kier molecular flexibility index (Phi) is 5.58. The van der Waals surface area contributed by atoms with Crippen molar-refractivity contribution in [2.24, 2.45) is 0 Å². The number of methoxy groups -OCH3 is 1. The molecule has 0 aliphatic carbocycles. The zero-order chi connectivity index (χ0) is 12.8. The molecule has 0 heterocycles. The maximum Gasteiger partial charge on any atom is 0.306 e. The van der Waals surface area contributed by atoms with Crippen LogP contribution >= 0.6 is 15.9 Å². The second-order valence-corrected chi connectivity index (χ2v) is 4.53. The molecule has 17 heavy (non-hydrogen) atoms. The summed E-state index contributed by atoms with van der Waals surface area (Å²) >= 11 is 3.14. The van der Waals surface area contributed by atoms with Crippen LogP contribution in [0.2, 0.25) is 0 Å². The van der Waals surface area contributed by atoms with Crippen molar-refractivity contribution in [3.05, 3.63) is 34.1 Å². The van der Waals surface area contributed by atoms with E-state index >= 15 is 0 Å². The minimum absolute atomic E-state index is 0.0524. The summed E-state index contributed by atoms with van der Waals surface area (Å²) < 4.78 is 18.0. The molecule has 0 aromatic heterocycles. The first-order valence-electron chi connectivity index (χ1n) is 5.29. The van der Waals surface area contributed by atoms with Crippen molar-refractivity contribution in [2.75, 3.05) is 13.7 Å². The molecule has 0 spiro atoms. The van der Waals surface area contributed by atoms with Gasteiger partial charge >= 0.3 is 5.97 Å². The first-order valence-corrected chi connectivity index (χ1v) is 6.09. The first kappa shape index (κ1) is 14.1. The molecule has 5 heteroatoms. The van der Waals surface area contributed by atoms with Gasteiger partial charge in [0.25, 0.3) is 0 Å². The standard InChI is InChI=1S/C12H15BrFNO2/c1-8(15-6-5-12(16)17-2)9-3-4-11(14)10(13)7-9/h3-4,7-8,15H,5-6H2,1-2H3. The predicted octanol–water partition coefficient (Wildman–Crippen LogP) is 2.80. The number of hydrogen-bond donors (Lipinski definition) is 1. The third-order valence-corrected chi connectivity index (χ3v) is 3.06. The number of nitrogens with one attached hydrogen (secondary N) is 1. The van der Waals surface area contributed by atoms with Gasteiger partial charge in [-0.1, -0.05) is 6.07 Å². The number of esters is 1. The molecular formula is C12H15BrFNO2. The van der Waals surface area contributed by atoms with Gasteiger partial charge in [0.05, 0.1) is 18.0 Å². The highest BCUT2D eigenvalue weighted by Gasteiger charge is 2.08. The zero-order valence-corrected chi connectivity index (χ0v) is 11.4. The molecule has 1 unspecified atom stereocenters. The van der Waals surface area contributed by atoms with Crippen molar-refractivity contribution in [2.45, 2.75) is 19.4 Å². The van der Waals surface area contributed by atoms with Gasteiger partial charge in [-0.2, -0.15) is 0 Å². The van der Waals surface area contributed by atoms with E-state index in [-0.39, 0.29) is 17.8 Å². The number of ether oxygens (including phenoxy) is 1. The lowest BCUT2D eigenvalue weighted by atomic mass is 10.1. The molecule has 0 fully saturated rings. The van der Waals surface area contributed by atoms with E-state index in [0.29, 0.717) is 17.4 Å². The Balaban J connectivity index is 2.49.